The molecule has 0 radical (unpaired) electrons. The van der Waals surface area contributed by atoms with Crippen LogP contribution in [0.4, 0.5) is 10.5 Å². The Labute approximate surface area is 111 Å². The van der Waals surface area contributed by atoms with Gasteiger partial charge in [0.25, 0.3) is 0 Å². The largest absolute Gasteiger partial charge is 0.508 e. The molecule has 0 aliphatic rings. The van der Waals surface area contributed by atoms with Gasteiger partial charge in [-0.25, -0.2) is 4.79 Å². The van der Waals surface area contributed by atoms with Crippen molar-refractivity contribution in [2.75, 3.05) is 12.4 Å². The SMILES string of the molecule is COC(=N)c1cc(O)ccc1NC(=O)OC(C)(C)C. The molecule has 0 fully saturated rings. The van der Waals surface area contributed by atoms with Crippen LogP contribution in [0.1, 0.15) is 26.3 Å². The normalized spacial score (nSPS) is 10.7. The zero-order chi connectivity index (χ0) is 14.6. The van der Waals surface area contributed by atoms with Gasteiger partial charge >= 0.3 is 6.09 Å². The van der Waals surface area contributed by atoms with E-state index >= 15 is 0 Å². The molecule has 104 valence electrons. The van der Waals surface area contributed by atoms with Gasteiger partial charge in [-0.05, 0) is 39.0 Å². The second kappa shape index (κ2) is 5.60. The number of methoxy groups -OCH3 is 1. The number of amides is 1. The number of phenols is 1. The minimum absolute atomic E-state index is 0.0217. The Morgan fingerprint density at radius 3 is 2.53 bits per heavy atom. The van der Waals surface area contributed by atoms with Crippen molar-refractivity contribution in [2.45, 2.75) is 26.4 Å². The average molecular weight is 266 g/mol. The molecule has 0 saturated heterocycles. The second-order valence-corrected chi connectivity index (χ2v) is 4.89. The summed E-state index contributed by atoms with van der Waals surface area (Å²) in [6, 6.07) is 4.21. The molecule has 3 N–H and O–H groups in total. The fourth-order valence-electron chi connectivity index (χ4n) is 1.35. The van der Waals surface area contributed by atoms with Gasteiger partial charge in [0, 0.05) is 0 Å². The summed E-state index contributed by atoms with van der Waals surface area (Å²) >= 11 is 0. The first kappa shape index (κ1) is 14.8. The number of hydrogen-bond donors (Lipinski definition) is 3. The first-order valence-electron chi connectivity index (χ1n) is 5.69. The Kier molecular flexibility index (Phi) is 4.37. The molecule has 0 aliphatic heterocycles. The van der Waals surface area contributed by atoms with E-state index < -0.39 is 11.7 Å². The fourth-order valence-corrected chi connectivity index (χ4v) is 1.35. The number of ether oxygens (including phenoxy) is 2. The molecule has 19 heavy (non-hydrogen) atoms. The van der Waals surface area contributed by atoms with Crippen LogP contribution in [0.5, 0.6) is 5.75 Å². The number of benzene rings is 1. The lowest BCUT2D eigenvalue weighted by Gasteiger charge is -2.20. The van der Waals surface area contributed by atoms with E-state index in [9.17, 15) is 9.90 Å². The van der Waals surface area contributed by atoms with Crippen LogP contribution in [-0.2, 0) is 9.47 Å². The van der Waals surface area contributed by atoms with Gasteiger partial charge in [0.15, 0.2) is 0 Å². The van der Waals surface area contributed by atoms with E-state index in [0.29, 0.717) is 5.69 Å². The van der Waals surface area contributed by atoms with Gasteiger partial charge in [0.05, 0.1) is 18.4 Å². The van der Waals surface area contributed by atoms with E-state index in [4.69, 9.17) is 14.9 Å². The summed E-state index contributed by atoms with van der Waals surface area (Å²) in [5, 5.41) is 19.5. The molecule has 0 aliphatic carbocycles. The molecule has 1 aromatic carbocycles. The maximum absolute atomic E-state index is 11.7. The summed E-state index contributed by atoms with van der Waals surface area (Å²) in [6.45, 7) is 5.25. The highest BCUT2D eigenvalue weighted by Crippen LogP contribution is 2.22. The number of carbonyl (C=O) groups excluding carboxylic acids is 1. The lowest BCUT2D eigenvalue weighted by molar-refractivity contribution is 0.0636. The standard InChI is InChI=1S/C13H18N2O4/c1-13(2,3)19-12(17)15-10-6-5-8(16)7-9(10)11(14)18-4/h5-7,14,16H,1-4H3,(H,15,17). The van der Waals surface area contributed by atoms with Crippen LogP contribution in [0.25, 0.3) is 0 Å². The zero-order valence-electron chi connectivity index (χ0n) is 11.4. The van der Waals surface area contributed by atoms with Crippen molar-refractivity contribution >= 4 is 17.7 Å². The van der Waals surface area contributed by atoms with Crippen LogP contribution in [0.3, 0.4) is 0 Å². The van der Waals surface area contributed by atoms with E-state index in [1.165, 1.54) is 25.3 Å². The van der Waals surface area contributed by atoms with Crippen molar-refractivity contribution in [1.82, 2.24) is 0 Å². The summed E-state index contributed by atoms with van der Waals surface area (Å²) in [7, 11) is 1.34. The average Bonchev–Trinajstić information content (AvgIpc) is 2.28. The van der Waals surface area contributed by atoms with Gasteiger partial charge in [-0.2, -0.15) is 0 Å². The van der Waals surface area contributed by atoms with Gasteiger partial charge in [-0.3, -0.25) is 10.7 Å². The lowest BCUT2D eigenvalue weighted by Crippen LogP contribution is -2.27. The molecule has 1 amide bonds. The Bertz CT molecular complexity index is 492. The van der Waals surface area contributed by atoms with Gasteiger partial charge in [-0.15, -0.1) is 0 Å². The van der Waals surface area contributed by atoms with Crippen LogP contribution in [0, 0.1) is 5.41 Å². The quantitative estimate of drug-likeness (QED) is 0.436. The fraction of sp³-hybridized carbons (Fsp3) is 0.385. The third kappa shape index (κ3) is 4.50. The van der Waals surface area contributed by atoms with Gasteiger partial charge in [-0.1, -0.05) is 0 Å². The van der Waals surface area contributed by atoms with E-state index in [-0.39, 0.29) is 17.2 Å². The zero-order valence-corrected chi connectivity index (χ0v) is 11.4. The van der Waals surface area contributed by atoms with Crippen molar-refractivity contribution in [3.63, 3.8) is 0 Å². The highest BCUT2D eigenvalue weighted by Gasteiger charge is 2.18. The number of hydrogen-bond acceptors (Lipinski definition) is 5. The Morgan fingerprint density at radius 2 is 2.00 bits per heavy atom. The topological polar surface area (TPSA) is 91.6 Å². The first-order chi connectivity index (χ1) is 8.73. The van der Waals surface area contributed by atoms with Gasteiger partial charge in [0.2, 0.25) is 5.90 Å². The van der Waals surface area contributed by atoms with Crippen molar-refractivity contribution in [3.8, 4) is 5.75 Å². The molecule has 0 aromatic heterocycles. The lowest BCUT2D eigenvalue weighted by atomic mass is 10.1. The molecule has 0 saturated carbocycles. The molecule has 0 bridgehead atoms. The summed E-state index contributed by atoms with van der Waals surface area (Å²) in [6.07, 6.45) is -0.636. The maximum Gasteiger partial charge on any atom is 0.412 e. The minimum Gasteiger partial charge on any atom is -0.508 e. The number of nitrogens with one attached hydrogen (secondary N) is 2. The molecule has 6 heteroatoms. The Balaban J connectivity index is 2.95. The smallest absolute Gasteiger partial charge is 0.412 e. The number of anilines is 1. The molecule has 6 nitrogen and oxygen atoms in total. The molecule has 1 aromatic rings. The molecular formula is C13H18N2O4. The Hall–Kier alpha value is -2.24. The van der Waals surface area contributed by atoms with Crippen LogP contribution in [0.2, 0.25) is 0 Å². The number of phenolic OH excluding ortho intramolecular Hbond substituents is 1. The third-order valence-electron chi connectivity index (χ3n) is 2.09. The van der Waals surface area contributed by atoms with E-state index in [1.807, 2.05) is 0 Å². The minimum atomic E-state index is -0.636. The summed E-state index contributed by atoms with van der Waals surface area (Å²) in [4.78, 5) is 11.7. The molecule has 0 heterocycles. The summed E-state index contributed by atoms with van der Waals surface area (Å²) in [5.74, 6) is -0.187. The number of aromatic hydroxyl groups is 1. The van der Waals surface area contributed by atoms with Gasteiger partial charge in [0.1, 0.15) is 11.4 Å². The first-order valence-corrected chi connectivity index (χ1v) is 5.69. The summed E-state index contributed by atoms with van der Waals surface area (Å²) < 4.78 is 9.91. The predicted molar refractivity (Wildman–Crippen MR) is 71.8 cm³/mol. The van der Waals surface area contributed by atoms with E-state index in [2.05, 4.69) is 5.32 Å². The molecule has 1 rings (SSSR count). The Morgan fingerprint density at radius 1 is 1.37 bits per heavy atom. The van der Waals surface area contributed by atoms with Crippen molar-refractivity contribution in [3.05, 3.63) is 23.8 Å². The van der Waals surface area contributed by atoms with Gasteiger partial charge < -0.3 is 14.6 Å². The maximum atomic E-state index is 11.7. The van der Waals surface area contributed by atoms with Crippen molar-refractivity contribution in [1.29, 1.82) is 5.41 Å². The van der Waals surface area contributed by atoms with Crippen molar-refractivity contribution in [2.24, 2.45) is 0 Å². The van der Waals surface area contributed by atoms with E-state index in [0.717, 1.165) is 0 Å². The molecule has 0 unspecified atom stereocenters. The number of carbonyl (C=O) groups is 1. The predicted octanol–water partition coefficient (Wildman–Crippen LogP) is 2.71. The van der Waals surface area contributed by atoms with Crippen LogP contribution in [-0.4, -0.2) is 29.8 Å². The third-order valence-corrected chi connectivity index (χ3v) is 2.09. The second-order valence-electron chi connectivity index (χ2n) is 4.89. The van der Waals surface area contributed by atoms with Crippen LogP contribution < -0.4 is 5.32 Å². The monoisotopic (exact) mass is 266 g/mol. The molecule has 0 spiro atoms. The highest BCUT2D eigenvalue weighted by molar-refractivity contribution is 6.01. The summed E-state index contributed by atoms with van der Waals surface area (Å²) in [5.41, 5.74) is -0.0112. The number of rotatable bonds is 2. The van der Waals surface area contributed by atoms with Crippen LogP contribution in [0.15, 0.2) is 18.2 Å². The molecule has 0 atom stereocenters. The van der Waals surface area contributed by atoms with Crippen LogP contribution >= 0.6 is 0 Å². The molecular weight excluding hydrogens is 248 g/mol. The van der Waals surface area contributed by atoms with Crippen molar-refractivity contribution < 1.29 is 19.4 Å². The van der Waals surface area contributed by atoms with E-state index in [1.54, 1.807) is 20.8 Å². The highest BCUT2D eigenvalue weighted by atomic mass is 16.6.